The van der Waals surface area contributed by atoms with Crippen molar-refractivity contribution in [1.82, 2.24) is 16.0 Å². The highest BCUT2D eigenvalue weighted by molar-refractivity contribution is 5.94. The standard InChI is InChI=1S/C32H49N9O5/c1-19-15-22(42)16-20(2)23(19)18-27(28(35)43)41-31(46)25(11-6-7-13-33)40-30(45)26(12-8-14-38-32(36)37)39-29(44)24(34)17-21-9-4-3-5-10-21/h3-5,9-10,15-16,24-27,42H,6-8,11-14,17-18,33-34H2,1-2H3,(H2,35,43)(H,39,44)(H,40,45)(H,41,46)(H4,36,37,38)/t24-,25-,26+,27-/m0/s1. The van der Waals surface area contributed by atoms with Gasteiger partial charge in [-0.25, -0.2) is 0 Å². The molecule has 252 valence electrons. The third kappa shape index (κ3) is 12.7. The van der Waals surface area contributed by atoms with Crippen molar-refractivity contribution in [1.29, 1.82) is 0 Å². The average molecular weight is 640 g/mol. The minimum Gasteiger partial charge on any atom is -0.508 e. The first-order valence-corrected chi connectivity index (χ1v) is 15.4. The number of primary amides is 1. The number of carbonyl (C=O) groups is 4. The second-order valence-electron chi connectivity index (χ2n) is 11.4. The lowest BCUT2D eigenvalue weighted by Crippen LogP contribution is -2.58. The minimum absolute atomic E-state index is 0.0852. The van der Waals surface area contributed by atoms with Crippen LogP contribution in [-0.4, -0.2) is 72.0 Å². The number of nitrogens with one attached hydrogen (secondary N) is 3. The third-order valence-electron chi connectivity index (χ3n) is 7.54. The number of nitrogens with two attached hydrogens (primary N) is 5. The summed E-state index contributed by atoms with van der Waals surface area (Å²) in [7, 11) is 0. The molecule has 0 bridgehead atoms. The van der Waals surface area contributed by atoms with E-state index in [-0.39, 0.29) is 43.9 Å². The number of phenols is 1. The first-order valence-electron chi connectivity index (χ1n) is 15.4. The zero-order chi connectivity index (χ0) is 34.2. The first-order chi connectivity index (χ1) is 21.8. The van der Waals surface area contributed by atoms with Gasteiger partial charge in [-0.3, -0.25) is 24.2 Å². The van der Waals surface area contributed by atoms with Gasteiger partial charge in [-0.1, -0.05) is 30.3 Å². The molecule has 0 saturated heterocycles. The van der Waals surface area contributed by atoms with E-state index < -0.39 is 47.8 Å². The molecular weight excluding hydrogens is 590 g/mol. The minimum atomic E-state index is -1.09. The topological polar surface area (TPSA) is 267 Å². The lowest BCUT2D eigenvalue weighted by molar-refractivity contribution is -0.133. The van der Waals surface area contributed by atoms with Gasteiger partial charge in [0.25, 0.3) is 0 Å². The van der Waals surface area contributed by atoms with Gasteiger partial charge in [0.1, 0.15) is 23.9 Å². The molecule has 0 radical (unpaired) electrons. The van der Waals surface area contributed by atoms with Gasteiger partial charge in [0.2, 0.25) is 23.6 Å². The largest absolute Gasteiger partial charge is 0.508 e. The van der Waals surface area contributed by atoms with Gasteiger partial charge in [-0.15, -0.1) is 0 Å². The van der Waals surface area contributed by atoms with Crippen LogP contribution in [0.2, 0.25) is 0 Å². The number of carbonyl (C=O) groups excluding carboxylic acids is 4. The third-order valence-corrected chi connectivity index (χ3v) is 7.54. The molecule has 2 aromatic rings. The van der Waals surface area contributed by atoms with E-state index in [0.717, 1.165) is 22.3 Å². The molecule has 0 saturated carbocycles. The number of amides is 4. The van der Waals surface area contributed by atoms with Crippen molar-refractivity contribution in [2.24, 2.45) is 33.7 Å². The molecule has 14 N–H and O–H groups in total. The molecule has 4 atom stereocenters. The monoisotopic (exact) mass is 639 g/mol. The number of benzene rings is 2. The number of guanidine groups is 1. The Morgan fingerprint density at radius 3 is 1.87 bits per heavy atom. The van der Waals surface area contributed by atoms with Crippen LogP contribution in [0.5, 0.6) is 5.75 Å². The average Bonchev–Trinajstić information content (AvgIpc) is 2.99. The number of aliphatic imine (C=N–C) groups is 1. The van der Waals surface area contributed by atoms with Crippen LogP contribution in [-0.2, 0) is 32.0 Å². The molecule has 2 aromatic carbocycles. The highest BCUT2D eigenvalue weighted by Gasteiger charge is 2.30. The van der Waals surface area contributed by atoms with Crippen molar-refractivity contribution in [2.75, 3.05) is 13.1 Å². The first kappa shape index (κ1) is 37.5. The van der Waals surface area contributed by atoms with Crippen LogP contribution in [0.15, 0.2) is 47.5 Å². The van der Waals surface area contributed by atoms with Crippen LogP contribution in [0.25, 0.3) is 0 Å². The van der Waals surface area contributed by atoms with Crippen molar-refractivity contribution in [3.63, 3.8) is 0 Å². The molecule has 0 heterocycles. The lowest BCUT2D eigenvalue weighted by atomic mass is 9.95. The number of unbranched alkanes of at least 4 members (excludes halogenated alkanes) is 1. The van der Waals surface area contributed by atoms with Crippen LogP contribution < -0.4 is 44.6 Å². The fourth-order valence-electron chi connectivity index (χ4n) is 5.04. The summed E-state index contributed by atoms with van der Waals surface area (Å²) in [5, 5.41) is 18.0. The van der Waals surface area contributed by atoms with E-state index in [0.29, 0.717) is 25.8 Å². The van der Waals surface area contributed by atoms with Crippen LogP contribution in [0.4, 0.5) is 0 Å². The van der Waals surface area contributed by atoms with E-state index in [9.17, 15) is 24.3 Å². The maximum absolute atomic E-state index is 13.6. The summed E-state index contributed by atoms with van der Waals surface area (Å²) in [5.74, 6) is -2.54. The molecule has 46 heavy (non-hydrogen) atoms. The molecular formula is C32H49N9O5. The van der Waals surface area contributed by atoms with Crippen molar-refractivity contribution < 1.29 is 24.3 Å². The smallest absolute Gasteiger partial charge is 0.243 e. The zero-order valence-corrected chi connectivity index (χ0v) is 26.6. The molecule has 0 unspecified atom stereocenters. The summed E-state index contributed by atoms with van der Waals surface area (Å²) in [6.07, 6.45) is 2.18. The summed E-state index contributed by atoms with van der Waals surface area (Å²) in [6, 6.07) is 8.22. The second kappa shape index (κ2) is 19.0. The molecule has 4 amide bonds. The van der Waals surface area contributed by atoms with Gasteiger partial charge >= 0.3 is 0 Å². The number of nitrogens with zero attached hydrogens (tertiary/aromatic N) is 1. The number of rotatable bonds is 19. The van der Waals surface area contributed by atoms with Gasteiger partial charge in [0, 0.05) is 13.0 Å². The molecule has 0 spiro atoms. The van der Waals surface area contributed by atoms with E-state index in [1.54, 1.807) is 26.0 Å². The van der Waals surface area contributed by atoms with Gasteiger partial charge in [-0.2, -0.15) is 0 Å². The van der Waals surface area contributed by atoms with Crippen molar-refractivity contribution >= 4 is 29.6 Å². The van der Waals surface area contributed by atoms with Crippen molar-refractivity contribution in [2.45, 2.75) is 83.0 Å². The SMILES string of the molecule is Cc1cc(O)cc(C)c1C[C@H](NC(=O)[C@H](CCCCN)NC(=O)[C@@H](CCCN=C(N)N)NC(=O)[C@@H](N)Cc1ccccc1)C(N)=O. The zero-order valence-electron chi connectivity index (χ0n) is 26.6. The van der Waals surface area contributed by atoms with Gasteiger partial charge in [0.15, 0.2) is 5.96 Å². The Bertz CT molecular complexity index is 1330. The van der Waals surface area contributed by atoms with Gasteiger partial charge in [0.05, 0.1) is 6.04 Å². The highest BCUT2D eigenvalue weighted by atomic mass is 16.3. The fourth-order valence-corrected chi connectivity index (χ4v) is 5.04. The Hall–Kier alpha value is -4.69. The summed E-state index contributed by atoms with van der Waals surface area (Å²) < 4.78 is 0. The molecule has 0 fully saturated rings. The van der Waals surface area contributed by atoms with E-state index in [1.807, 2.05) is 30.3 Å². The number of hydrogen-bond donors (Lipinski definition) is 9. The summed E-state index contributed by atoms with van der Waals surface area (Å²) in [6.45, 7) is 4.17. The lowest BCUT2D eigenvalue weighted by Gasteiger charge is -2.26. The number of aryl methyl sites for hydroxylation is 2. The maximum atomic E-state index is 13.6. The number of aromatic hydroxyl groups is 1. The van der Waals surface area contributed by atoms with Crippen LogP contribution >= 0.6 is 0 Å². The molecule has 14 nitrogen and oxygen atoms in total. The normalized spacial score (nSPS) is 13.5. The summed E-state index contributed by atoms with van der Waals surface area (Å²) in [5.41, 5.74) is 31.4. The van der Waals surface area contributed by atoms with E-state index in [1.165, 1.54) is 0 Å². The molecule has 0 aliphatic carbocycles. The number of phenolic OH excluding ortho intramolecular Hbond substituents is 1. The predicted molar refractivity (Wildman–Crippen MR) is 177 cm³/mol. The highest BCUT2D eigenvalue weighted by Crippen LogP contribution is 2.22. The predicted octanol–water partition coefficient (Wildman–Crippen LogP) is -0.756. The van der Waals surface area contributed by atoms with E-state index in [2.05, 4.69) is 20.9 Å². The summed E-state index contributed by atoms with van der Waals surface area (Å²) in [4.78, 5) is 56.5. The molecule has 14 heteroatoms. The Labute approximate surface area is 269 Å². The van der Waals surface area contributed by atoms with E-state index >= 15 is 0 Å². The number of hydrogen-bond acceptors (Lipinski definition) is 8. The van der Waals surface area contributed by atoms with Crippen LogP contribution in [0.3, 0.4) is 0 Å². The fraction of sp³-hybridized carbons (Fsp3) is 0.469. The Kier molecular flexibility index (Phi) is 15.5. The molecule has 2 rings (SSSR count). The van der Waals surface area contributed by atoms with Crippen molar-refractivity contribution in [3.8, 4) is 5.75 Å². The van der Waals surface area contributed by atoms with E-state index in [4.69, 9.17) is 28.7 Å². The summed E-state index contributed by atoms with van der Waals surface area (Å²) >= 11 is 0. The maximum Gasteiger partial charge on any atom is 0.243 e. The second-order valence-corrected chi connectivity index (χ2v) is 11.4. The Morgan fingerprint density at radius 1 is 0.783 bits per heavy atom. The molecule has 0 aliphatic heterocycles. The van der Waals surface area contributed by atoms with Crippen LogP contribution in [0, 0.1) is 13.8 Å². The van der Waals surface area contributed by atoms with Crippen molar-refractivity contribution in [3.05, 3.63) is 64.7 Å². The Balaban J connectivity index is 2.23. The Morgan fingerprint density at radius 2 is 1.33 bits per heavy atom. The molecule has 0 aliphatic rings. The molecule has 0 aromatic heterocycles. The quantitative estimate of drug-likeness (QED) is 0.0530. The van der Waals surface area contributed by atoms with Gasteiger partial charge in [-0.05, 0) is 93.3 Å². The van der Waals surface area contributed by atoms with Crippen LogP contribution in [0.1, 0.15) is 54.4 Å². The van der Waals surface area contributed by atoms with Gasteiger partial charge < -0.3 is 49.7 Å².